The number of likely N-dealkylation sites (N-methyl/N-ethyl adjacent to an activating group) is 1. The standard InChI is InChI=1S/C11H18N2.C2H6/c1-12-7-5-6-11(10-12)13-8-3-2-4-9-13;1-2/h5-6,10H,2-4,7-9H2,1H3;1-2H3. The third-order valence-corrected chi connectivity index (χ3v) is 2.76. The lowest BCUT2D eigenvalue weighted by Crippen LogP contribution is -2.31. The van der Waals surface area contributed by atoms with Crippen LogP contribution in [0.25, 0.3) is 0 Å². The van der Waals surface area contributed by atoms with Gasteiger partial charge < -0.3 is 9.80 Å². The Hall–Kier alpha value is -0.920. The minimum Gasteiger partial charge on any atom is -0.375 e. The molecule has 0 N–H and O–H groups in total. The first-order valence-corrected chi connectivity index (χ1v) is 6.20. The molecular formula is C13H24N2. The van der Waals surface area contributed by atoms with Gasteiger partial charge in [-0.25, -0.2) is 0 Å². The van der Waals surface area contributed by atoms with Gasteiger partial charge in [-0.3, -0.25) is 0 Å². The Morgan fingerprint density at radius 2 is 1.73 bits per heavy atom. The van der Waals surface area contributed by atoms with Crippen molar-refractivity contribution < 1.29 is 0 Å². The molecule has 15 heavy (non-hydrogen) atoms. The Morgan fingerprint density at radius 3 is 2.33 bits per heavy atom. The number of hydrogen-bond donors (Lipinski definition) is 0. The zero-order valence-corrected chi connectivity index (χ0v) is 10.4. The molecule has 0 amide bonds. The van der Waals surface area contributed by atoms with Crippen LogP contribution in [0.3, 0.4) is 0 Å². The first-order valence-electron chi connectivity index (χ1n) is 6.20. The van der Waals surface area contributed by atoms with Crippen molar-refractivity contribution in [3.63, 3.8) is 0 Å². The summed E-state index contributed by atoms with van der Waals surface area (Å²) in [5, 5.41) is 0. The summed E-state index contributed by atoms with van der Waals surface area (Å²) in [6, 6.07) is 0. The molecule has 0 saturated carbocycles. The molecule has 0 aromatic carbocycles. The molecule has 0 spiro atoms. The van der Waals surface area contributed by atoms with Gasteiger partial charge in [0.2, 0.25) is 0 Å². The molecule has 1 fully saturated rings. The molecular weight excluding hydrogens is 184 g/mol. The van der Waals surface area contributed by atoms with Gasteiger partial charge in [0.15, 0.2) is 0 Å². The highest BCUT2D eigenvalue weighted by molar-refractivity contribution is 5.21. The van der Waals surface area contributed by atoms with E-state index in [0.717, 1.165) is 6.54 Å². The van der Waals surface area contributed by atoms with Gasteiger partial charge in [-0.2, -0.15) is 0 Å². The summed E-state index contributed by atoms with van der Waals surface area (Å²) >= 11 is 0. The third kappa shape index (κ3) is 3.61. The fourth-order valence-electron chi connectivity index (χ4n) is 2.00. The van der Waals surface area contributed by atoms with E-state index in [1.165, 1.54) is 38.0 Å². The topological polar surface area (TPSA) is 6.48 Å². The van der Waals surface area contributed by atoms with Gasteiger partial charge in [0.05, 0.1) is 5.70 Å². The van der Waals surface area contributed by atoms with Gasteiger partial charge in [0.1, 0.15) is 0 Å². The Morgan fingerprint density at radius 1 is 1.07 bits per heavy atom. The summed E-state index contributed by atoms with van der Waals surface area (Å²) in [5.74, 6) is 0. The molecule has 0 unspecified atom stereocenters. The highest BCUT2D eigenvalue weighted by Gasteiger charge is 2.13. The van der Waals surface area contributed by atoms with Crippen molar-refractivity contribution >= 4 is 0 Å². The molecule has 0 aromatic rings. The largest absolute Gasteiger partial charge is 0.375 e. The second-order valence-electron chi connectivity index (χ2n) is 3.94. The maximum atomic E-state index is 2.50. The van der Waals surface area contributed by atoms with Crippen LogP contribution in [0.2, 0.25) is 0 Å². The second kappa shape index (κ2) is 6.54. The number of rotatable bonds is 1. The number of piperidine rings is 1. The number of hydrogen-bond acceptors (Lipinski definition) is 2. The maximum absolute atomic E-state index is 2.50. The average Bonchev–Trinajstić information content (AvgIpc) is 2.33. The molecule has 0 atom stereocenters. The van der Waals surface area contributed by atoms with E-state index in [0.29, 0.717) is 0 Å². The summed E-state index contributed by atoms with van der Waals surface area (Å²) in [6.07, 6.45) is 10.9. The van der Waals surface area contributed by atoms with E-state index >= 15 is 0 Å². The first kappa shape index (κ1) is 12.2. The Bertz CT molecular complexity index is 225. The molecule has 0 bridgehead atoms. The van der Waals surface area contributed by atoms with Crippen LogP contribution in [0, 0.1) is 0 Å². The number of nitrogens with zero attached hydrogens (tertiary/aromatic N) is 2. The Kier molecular flexibility index (Phi) is 5.30. The van der Waals surface area contributed by atoms with E-state index in [1.54, 1.807) is 0 Å². The summed E-state index contributed by atoms with van der Waals surface area (Å²) in [5.41, 5.74) is 1.40. The zero-order valence-electron chi connectivity index (χ0n) is 10.4. The van der Waals surface area contributed by atoms with Crippen LogP contribution in [-0.4, -0.2) is 36.5 Å². The van der Waals surface area contributed by atoms with Crippen LogP contribution < -0.4 is 0 Å². The van der Waals surface area contributed by atoms with Crippen molar-refractivity contribution in [2.45, 2.75) is 33.1 Å². The molecule has 0 aromatic heterocycles. The van der Waals surface area contributed by atoms with Crippen molar-refractivity contribution in [2.24, 2.45) is 0 Å². The molecule has 2 nitrogen and oxygen atoms in total. The Balaban J connectivity index is 0.000000531. The van der Waals surface area contributed by atoms with E-state index in [4.69, 9.17) is 0 Å². The molecule has 2 heterocycles. The maximum Gasteiger partial charge on any atom is 0.0525 e. The van der Waals surface area contributed by atoms with Crippen LogP contribution >= 0.6 is 0 Å². The molecule has 86 valence electrons. The minimum absolute atomic E-state index is 1.05. The van der Waals surface area contributed by atoms with Crippen LogP contribution in [-0.2, 0) is 0 Å². The fourth-order valence-corrected chi connectivity index (χ4v) is 2.00. The van der Waals surface area contributed by atoms with E-state index in [-0.39, 0.29) is 0 Å². The summed E-state index contributed by atoms with van der Waals surface area (Å²) in [4.78, 5) is 4.74. The lowest BCUT2D eigenvalue weighted by Gasteiger charge is -2.32. The van der Waals surface area contributed by atoms with E-state index in [2.05, 4.69) is 35.2 Å². The van der Waals surface area contributed by atoms with Gasteiger partial charge >= 0.3 is 0 Å². The van der Waals surface area contributed by atoms with E-state index in [9.17, 15) is 0 Å². The summed E-state index contributed by atoms with van der Waals surface area (Å²) in [6.45, 7) is 7.53. The monoisotopic (exact) mass is 208 g/mol. The normalized spacial score (nSPS) is 20.6. The summed E-state index contributed by atoms with van der Waals surface area (Å²) < 4.78 is 0. The molecule has 2 heteroatoms. The fraction of sp³-hybridized carbons (Fsp3) is 0.692. The highest BCUT2D eigenvalue weighted by Crippen LogP contribution is 2.17. The van der Waals surface area contributed by atoms with E-state index < -0.39 is 0 Å². The molecule has 1 saturated heterocycles. The van der Waals surface area contributed by atoms with Gasteiger partial charge in [-0.15, -0.1) is 0 Å². The van der Waals surface area contributed by atoms with Crippen molar-refractivity contribution in [1.82, 2.24) is 9.80 Å². The Labute approximate surface area is 94.3 Å². The number of likely N-dealkylation sites (tertiary alicyclic amines) is 1. The van der Waals surface area contributed by atoms with Crippen molar-refractivity contribution in [3.8, 4) is 0 Å². The quantitative estimate of drug-likeness (QED) is 0.654. The molecule has 0 radical (unpaired) electrons. The third-order valence-electron chi connectivity index (χ3n) is 2.76. The van der Waals surface area contributed by atoms with Gasteiger partial charge in [-0.1, -0.05) is 19.9 Å². The molecule has 2 aliphatic rings. The van der Waals surface area contributed by atoms with Crippen molar-refractivity contribution in [2.75, 3.05) is 26.7 Å². The predicted molar refractivity (Wildman–Crippen MR) is 66.6 cm³/mol. The first-order chi connectivity index (χ1) is 7.36. The van der Waals surface area contributed by atoms with Crippen LogP contribution in [0.5, 0.6) is 0 Å². The molecule has 0 aliphatic carbocycles. The second-order valence-corrected chi connectivity index (χ2v) is 3.94. The van der Waals surface area contributed by atoms with Gasteiger partial charge in [-0.05, 0) is 25.3 Å². The number of allylic oxidation sites excluding steroid dienone is 1. The zero-order chi connectivity index (χ0) is 11.1. The van der Waals surface area contributed by atoms with Crippen molar-refractivity contribution in [1.29, 1.82) is 0 Å². The van der Waals surface area contributed by atoms with Crippen LogP contribution in [0.4, 0.5) is 0 Å². The van der Waals surface area contributed by atoms with E-state index in [1.807, 2.05) is 13.8 Å². The summed E-state index contributed by atoms with van der Waals surface area (Å²) in [7, 11) is 2.13. The SMILES string of the molecule is CC.CN1C=C(N2CCCCC2)C=CC1. The lowest BCUT2D eigenvalue weighted by atomic mass is 10.1. The van der Waals surface area contributed by atoms with Gasteiger partial charge in [0, 0.05) is 32.9 Å². The smallest absolute Gasteiger partial charge is 0.0525 e. The van der Waals surface area contributed by atoms with Gasteiger partial charge in [0.25, 0.3) is 0 Å². The predicted octanol–water partition coefficient (Wildman–Crippen LogP) is 2.84. The highest BCUT2D eigenvalue weighted by atomic mass is 15.2. The molecule has 2 rings (SSSR count). The minimum atomic E-state index is 1.05. The van der Waals surface area contributed by atoms with Crippen molar-refractivity contribution in [3.05, 3.63) is 24.0 Å². The lowest BCUT2D eigenvalue weighted by molar-refractivity contribution is 0.284. The van der Waals surface area contributed by atoms with Crippen LogP contribution in [0.15, 0.2) is 24.0 Å². The molecule has 2 aliphatic heterocycles. The average molecular weight is 208 g/mol. The van der Waals surface area contributed by atoms with Crippen LogP contribution in [0.1, 0.15) is 33.1 Å².